The number of unbranched alkanes of at least 4 members (excludes halogenated alkanes) is 2. The van der Waals surface area contributed by atoms with Crippen LogP contribution in [-0.2, 0) is 6.54 Å². The van der Waals surface area contributed by atoms with Crippen molar-refractivity contribution in [2.24, 2.45) is 0 Å². The molecule has 0 aromatic heterocycles. The molecule has 0 bridgehead atoms. The second-order valence-electron chi connectivity index (χ2n) is 4.95. The Morgan fingerprint density at radius 1 is 1.05 bits per heavy atom. The van der Waals surface area contributed by atoms with Crippen molar-refractivity contribution in [3.05, 3.63) is 35.4 Å². The van der Waals surface area contributed by atoms with Crippen LogP contribution in [0.3, 0.4) is 0 Å². The SMILES string of the molecule is CN(CCCCCO)Cc1ccccc1C#CCCO. The summed E-state index contributed by atoms with van der Waals surface area (Å²) in [5, 5.41) is 17.5. The molecule has 1 aromatic rings. The van der Waals surface area contributed by atoms with E-state index >= 15 is 0 Å². The second kappa shape index (κ2) is 10.4. The molecule has 0 radical (unpaired) electrons. The first-order chi connectivity index (χ1) is 9.77. The Hall–Kier alpha value is -1.34. The van der Waals surface area contributed by atoms with Gasteiger partial charge in [-0.2, -0.15) is 0 Å². The fourth-order valence-corrected chi connectivity index (χ4v) is 2.03. The molecule has 1 rings (SSSR count). The number of benzene rings is 1. The Labute approximate surface area is 122 Å². The highest BCUT2D eigenvalue weighted by atomic mass is 16.3. The lowest BCUT2D eigenvalue weighted by molar-refractivity contribution is 0.271. The molecule has 0 saturated carbocycles. The summed E-state index contributed by atoms with van der Waals surface area (Å²) in [5.41, 5.74) is 2.27. The Kier molecular flexibility index (Phi) is 8.73. The molecule has 0 saturated heterocycles. The van der Waals surface area contributed by atoms with Gasteiger partial charge in [0.15, 0.2) is 0 Å². The van der Waals surface area contributed by atoms with Crippen LogP contribution in [0.25, 0.3) is 0 Å². The zero-order chi connectivity index (χ0) is 14.6. The Morgan fingerprint density at radius 3 is 2.60 bits per heavy atom. The van der Waals surface area contributed by atoms with Gasteiger partial charge in [0.2, 0.25) is 0 Å². The van der Waals surface area contributed by atoms with Crippen molar-refractivity contribution in [3.8, 4) is 11.8 Å². The molecule has 110 valence electrons. The Bertz CT molecular complexity index is 434. The highest BCUT2D eigenvalue weighted by Gasteiger charge is 2.03. The quantitative estimate of drug-likeness (QED) is 0.563. The van der Waals surface area contributed by atoms with E-state index < -0.39 is 0 Å². The van der Waals surface area contributed by atoms with Crippen LogP contribution in [-0.4, -0.2) is 41.9 Å². The van der Waals surface area contributed by atoms with Crippen molar-refractivity contribution < 1.29 is 10.2 Å². The molecule has 0 atom stereocenters. The minimum atomic E-state index is 0.111. The number of rotatable bonds is 8. The zero-order valence-corrected chi connectivity index (χ0v) is 12.3. The summed E-state index contributed by atoms with van der Waals surface area (Å²) >= 11 is 0. The molecule has 0 aliphatic carbocycles. The van der Waals surface area contributed by atoms with Crippen LogP contribution in [0.4, 0.5) is 0 Å². The molecule has 3 heteroatoms. The van der Waals surface area contributed by atoms with E-state index in [0.29, 0.717) is 6.42 Å². The Morgan fingerprint density at radius 2 is 1.85 bits per heavy atom. The van der Waals surface area contributed by atoms with Gasteiger partial charge in [-0.15, -0.1) is 0 Å². The first-order valence-electron chi connectivity index (χ1n) is 7.25. The molecular formula is C17H25NO2. The van der Waals surface area contributed by atoms with Crippen LogP contribution in [0.15, 0.2) is 24.3 Å². The third kappa shape index (κ3) is 6.72. The number of hydrogen-bond acceptors (Lipinski definition) is 3. The minimum absolute atomic E-state index is 0.111. The van der Waals surface area contributed by atoms with Crippen LogP contribution in [0, 0.1) is 11.8 Å². The van der Waals surface area contributed by atoms with Crippen molar-refractivity contribution >= 4 is 0 Å². The normalized spacial score (nSPS) is 10.4. The lowest BCUT2D eigenvalue weighted by Gasteiger charge is -2.17. The van der Waals surface area contributed by atoms with Crippen LogP contribution in [0.5, 0.6) is 0 Å². The third-order valence-corrected chi connectivity index (χ3v) is 3.12. The fourth-order valence-electron chi connectivity index (χ4n) is 2.03. The average molecular weight is 275 g/mol. The maximum Gasteiger partial charge on any atom is 0.0540 e. The molecule has 1 aromatic carbocycles. The van der Waals surface area contributed by atoms with Gasteiger partial charge in [0.25, 0.3) is 0 Å². The van der Waals surface area contributed by atoms with E-state index in [1.54, 1.807) is 0 Å². The summed E-state index contributed by atoms with van der Waals surface area (Å²) < 4.78 is 0. The predicted molar refractivity (Wildman–Crippen MR) is 82.3 cm³/mol. The monoisotopic (exact) mass is 275 g/mol. The molecule has 0 heterocycles. The Balaban J connectivity index is 2.52. The molecule has 2 N–H and O–H groups in total. The van der Waals surface area contributed by atoms with E-state index in [4.69, 9.17) is 10.2 Å². The molecule has 0 fully saturated rings. The fraction of sp³-hybridized carbons (Fsp3) is 0.529. The lowest BCUT2D eigenvalue weighted by Crippen LogP contribution is -2.19. The molecule has 0 aliphatic rings. The van der Waals surface area contributed by atoms with Crippen LogP contribution in [0.1, 0.15) is 36.8 Å². The number of aliphatic hydroxyl groups is 2. The van der Waals surface area contributed by atoms with E-state index in [0.717, 1.165) is 37.9 Å². The van der Waals surface area contributed by atoms with Crippen LogP contribution in [0.2, 0.25) is 0 Å². The topological polar surface area (TPSA) is 43.7 Å². The summed E-state index contributed by atoms with van der Waals surface area (Å²) in [6.45, 7) is 2.30. The van der Waals surface area contributed by atoms with Crippen molar-refractivity contribution in [1.29, 1.82) is 0 Å². The van der Waals surface area contributed by atoms with Gasteiger partial charge in [-0.3, -0.25) is 0 Å². The summed E-state index contributed by atoms with van der Waals surface area (Å²) in [4.78, 5) is 2.28. The van der Waals surface area contributed by atoms with Crippen molar-refractivity contribution in [1.82, 2.24) is 4.90 Å². The van der Waals surface area contributed by atoms with E-state index in [2.05, 4.69) is 29.9 Å². The molecule has 0 amide bonds. The van der Waals surface area contributed by atoms with E-state index in [-0.39, 0.29) is 13.2 Å². The summed E-state index contributed by atoms with van der Waals surface area (Å²) in [6.07, 6.45) is 3.58. The van der Waals surface area contributed by atoms with Gasteiger partial charge in [-0.25, -0.2) is 0 Å². The first kappa shape index (κ1) is 16.7. The molecule has 0 aliphatic heterocycles. The van der Waals surface area contributed by atoms with E-state index in [9.17, 15) is 0 Å². The summed E-state index contributed by atoms with van der Waals surface area (Å²) in [7, 11) is 2.11. The third-order valence-electron chi connectivity index (χ3n) is 3.12. The van der Waals surface area contributed by atoms with Gasteiger partial charge in [0.1, 0.15) is 0 Å². The second-order valence-corrected chi connectivity index (χ2v) is 4.95. The molecular weight excluding hydrogens is 250 g/mol. The number of aliphatic hydroxyl groups excluding tert-OH is 2. The first-order valence-corrected chi connectivity index (χ1v) is 7.25. The average Bonchev–Trinajstić information content (AvgIpc) is 2.46. The molecule has 3 nitrogen and oxygen atoms in total. The lowest BCUT2D eigenvalue weighted by atomic mass is 10.1. The highest BCUT2D eigenvalue weighted by Crippen LogP contribution is 2.10. The molecule has 0 unspecified atom stereocenters. The van der Waals surface area contributed by atoms with Gasteiger partial charge in [0, 0.05) is 25.1 Å². The number of hydrogen-bond donors (Lipinski definition) is 2. The highest BCUT2D eigenvalue weighted by molar-refractivity contribution is 5.41. The van der Waals surface area contributed by atoms with Gasteiger partial charge in [-0.05, 0) is 44.5 Å². The maximum atomic E-state index is 8.77. The van der Waals surface area contributed by atoms with Crippen LogP contribution >= 0.6 is 0 Å². The smallest absolute Gasteiger partial charge is 0.0540 e. The van der Waals surface area contributed by atoms with Gasteiger partial charge >= 0.3 is 0 Å². The summed E-state index contributed by atoms with van der Waals surface area (Å²) in [6, 6.07) is 8.16. The molecule has 20 heavy (non-hydrogen) atoms. The van der Waals surface area contributed by atoms with Gasteiger partial charge in [0.05, 0.1) is 6.61 Å². The summed E-state index contributed by atoms with van der Waals surface area (Å²) in [5.74, 6) is 6.10. The van der Waals surface area contributed by atoms with Crippen LogP contribution < -0.4 is 0 Å². The zero-order valence-electron chi connectivity index (χ0n) is 12.3. The predicted octanol–water partition coefficient (Wildman–Crippen LogP) is 2.01. The van der Waals surface area contributed by atoms with Crippen molar-refractivity contribution in [2.45, 2.75) is 32.2 Å². The van der Waals surface area contributed by atoms with E-state index in [1.807, 2.05) is 18.2 Å². The van der Waals surface area contributed by atoms with E-state index in [1.165, 1.54) is 5.56 Å². The number of nitrogens with zero attached hydrogens (tertiary/aromatic N) is 1. The van der Waals surface area contributed by atoms with Crippen molar-refractivity contribution in [2.75, 3.05) is 26.8 Å². The minimum Gasteiger partial charge on any atom is -0.396 e. The standard InChI is InChI=1S/C17H25NO2/c1-18(12-6-2-7-13-19)15-17-11-4-3-9-16(17)10-5-8-14-20/h3-4,9,11,19-20H,2,6-8,12-15H2,1H3. The largest absolute Gasteiger partial charge is 0.396 e. The molecule has 0 spiro atoms. The van der Waals surface area contributed by atoms with Gasteiger partial charge in [-0.1, -0.05) is 30.0 Å². The van der Waals surface area contributed by atoms with Crippen molar-refractivity contribution in [3.63, 3.8) is 0 Å². The maximum absolute atomic E-state index is 8.77. The van der Waals surface area contributed by atoms with Gasteiger partial charge < -0.3 is 15.1 Å².